The maximum Gasteiger partial charge on any atom is 0.0389 e. The topological polar surface area (TPSA) is 12.4 Å². The van der Waals surface area contributed by atoms with E-state index in [9.17, 15) is 0 Å². The Balaban J connectivity index is 3.18. The van der Waals surface area contributed by atoms with Gasteiger partial charge in [-0.3, -0.25) is 4.99 Å². The van der Waals surface area contributed by atoms with Crippen LogP contribution >= 0.6 is 0 Å². The van der Waals surface area contributed by atoms with Gasteiger partial charge in [-0.1, -0.05) is 56.4 Å². The van der Waals surface area contributed by atoms with Crippen LogP contribution in [0.5, 0.6) is 0 Å². The van der Waals surface area contributed by atoms with Crippen molar-refractivity contribution in [2.75, 3.05) is 6.54 Å². The molecule has 0 rings (SSSR count). The Hall–Kier alpha value is -1.37. The van der Waals surface area contributed by atoms with Crippen LogP contribution in [0.15, 0.2) is 54.6 Å². The molecule has 1 nitrogen and oxygen atoms in total. The largest absolute Gasteiger partial charge is 0.293 e. The minimum absolute atomic E-state index is 0.935. The third-order valence-electron chi connectivity index (χ3n) is 2.12. The molecule has 0 amide bonds. The molecule has 0 aliphatic rings. The lowest BCUT2D eigenvalue weighted by Crippen LogP contribution is -1.82. The zero-order chi connectivity index (χ0) is 11.9. The first kappa shape index (κ1) is 14.6. The minimum atomic E-state index is 0.935. The molecule has 0 aromatic carbocycles. The molecule has 0 aliphatic heterocycles. The second kappa shape index (κ2) is 13.6. The number of hydrogen-bond acceptors (Lipinski definition) is 1. The maximum atomic E-state index is 4.27. The zero-order valence-corrected chi connectivity index (χ0v) is 10.1. The third-order valence-corrected chi connectivity index (χ3v) is 2.12. The average molecular weight is 217 g/mol. The van der Waals surface area contributed by atoms with Crippen molar-refractivity contribution in [2.45, 2.75) is 32.1 Å². The number of nitrogens with zero attached hydrogens (tertiary/aromatic N) is 1. The Kier molecular flexibility index (Phi) is 12.5. The van der Waals surface area contributed by atoms with Crippen molar-refractivity contribution in [3.05, 3.63) is 49.6 Å². The van der Waals surface area contributed by atoms with E-state index in [0.717, 1.165) is 13.0 Å². The molecule has 0 heterocycles. The van der Waals surface area contributed by atoms with Crippen molar-refractivity contribution >= 4 is 6.21 Å². The van der Waals surface area contributed by atoms with Crippen molar-refractivity contribution in [3.63, 3.8) is 0 Å². The van der Waals surface area contributed by atoms with E-state index in [-0.39, 0.29) is 0 Å². The Morgan fingerprint density at radius 2 is 1.56 bits per heavy atom. The lowest BCUT2D eigenvalue weighted by atomic mass is 10.1. The fraction of sp³-hybridized carbons (Fsp3) is 0.400. The first-order valence-electron chi connectivity index (χ1n) is 5.97. The molecule has 0 spiro atoms. The first-order valence-corrected chi connectivity index (χ1v) is 5.97. The van der Waals surface area contributed by atoms with Crippen LogP contribution in [0.2, 0.25) is 0 Å². The van der Waals surface area contributed by atoms with Crippen molar-refractivity contribution < 1.29 is 0 Å². The molecular weight excluding hydrogens is 194 g/mol. The van der Waals surface area contributed by atoms with E-state index in [2.05, 4.69) is 24.2 Å². The molecule has 0 N–H and O–H groups in total. The highest BCUT2D eigenvalue weighted by molar-refractivity contribution is 5.71. The molecule has 0 saturated heterocycles. The van der Waals surface area contributed by atoms with Crippen molar-refractivity contribution in [2.24, 2.45) is 4.99 Å². The quantitative estimate of drug-likeness (QED) is 0.290. The van der Waals surface area contributed by atoms with Gasteiger partial charge in [-0.05, 0) is 25.3 Å². The highest BCUT2D eigenvalue weighted by atomic mass is 14.7. The Bertz CT molecular complexity index is 246. The SMILES string of the molecule is C=C/C=C/C=NCCCCCC/C=C/C=C. The predicted octanol–water partition coefficient (Wildman–Crippen LogP) is 4.49. The fourth-order valence-corrected chi connectivity index (χ4v) is 1.27. The van der Waals surface area contributed by atoms with Crippen LogP contribution in [0.25, 0.3) is 0 Å². The summed E-state index contributed by atoms with van der Waals surface area (Å²) < 4.78 is 0. The molecule has 0 radical (unpaired) electrons. The molecule has 16 heavy (non-hydrogen) atoms. The van der Waals surface area contributed by atoms with E-state index in [0.29, 0.717) is 0 Å². The smallest absolute Gasteiger partial charge is 0.0389 e. The van der Waals surface area contributed by atoms with Crippen LogP contribution in [0.3, 0.4) is 0 Å². The van der Waals surface area contributed by atoms with Gasteiger partial charge in [-0.25, -0.2) is 0 Å². The summed E-state index contributed by atoms with van der Waals surface area (Å²) in [6, 6.07) is 0. The van der Waals surface area contributed by atoms with E-state index in [1.807, 2.05) is 30.5 Å². The van der Waals surface area contributed by atoms with Gasteiger partial charge in [-0.2, -0.15) is 0 Å². The summed E-state index contributed by atoms with van der Waals surface area (Å²) in [5, 5.41) is 0. The molecule has 1 heteroatoms. The maximum absolute atomic E-state index is 4.27. The predicted molar refractivity (Wildman–Crippen MR) is 75.1 cm³/mol. The van der Waals surface area contributed by atoms with Crippen molar-refractivity contribution in [3.8, 4) is 0 Å². The molecule has 0 aromatic heterocycles. The van der Waals surface area contributed by atoms with Crippen LogP contribution < -0.4 is 0 Å². The molecular formula is C15H23N. The summed E-state index contributed by atoms with van der Waals surface area (Å²) in [4.78, 5) is 4.27. The van der Waals surface area contributed by atoms with Crippen molar-refractivity contribution in [1.29, 1.82) is 0 Å². The Morgan fingerprint density at radius 3 is 2.31 bits per heavy atom. The fourth-order valence-electron chi connectivity index (χ4n) is 1.27. The number of unbranched alkanes of at least 4 members (excludes halogenated alkanes) is 4. The highest BCUT2D eigenvalue weighted by Crippen LogP contribution is 2.03. The molecule has 0 aliphatic carbocycles. The van der Waals surface area contributed by atoms with Gasteiger partial charge in [-0.15, -0.1) is 0 Å². The standard InChI is InChI=1S/C15H23N/c1-3-5-7-8-9-10-11-13-15-16-14-12-6-4-2/h3-7,12,14H,1-2,8-11,13,15H2/b7-5+,12-6+,16-14?. The second-order valence-corrected chi connectivity index (χ2v) is 3.54. The van der Waals surface area contributed by atoms with Crippen LogP contribution in [0.1, 0.15) is 32.1 Å². The van der Waals surface area contributed by atoms with Crippen LogP contribution in [-0.2, 0) is 0 Å². The number of aliphatic imine (C=N–C) groups is 1. The number of rotatable bonds is 10. The van der Waals surface area contributed by atoms with E-state index >= 15 is 0 Å². The average Bonchev–Trinajstić information content (AvgIpc) is 2.31. The van der Waals surface area contributed by atoms with E-state index in [1.165, 1.54) is 25.7 Å². The second-order valence-electron chi connectivity index (χ2n) is 3.54. The Morgan fingerprint density at radius 1 is 0.812 bits per heavy atom. The monoisotopic (exact) mass is 217 g/mol. The molecule has 0 aromatic rings. The highest BCUT2D eigenvalue weighted by Gasteiger charge is 1.87. The minimum Gasteiger partial charge on any atom is -0.293 e. The van der Waals surface area contributed by atoms with Gasteiger partial charge in [0.2, 0.25) is 0 Å². The molecule has 0 atom stereocenters. The lowest BCUT2D eigenvalue weighted by molar-refractivity contribution is 0.654. The first-order chi connectivity index (χ1) is 7.91. The van der Waals surface area contributed by atoms with Gasteiger partial charge >= 0.3 is 0 Å². The van der Waals surface area contributed by atoms with Gasteiger partial charge in [0.1, 0.15) is 0 Å². The zero-order valence-electron chi connectivity index (χ0n) is 10.1. The number of allylic oxidation sites excluding steroid dienone is 6. The number of hydrogen-bond donors (Lipinski definition) is 0. The van der Waals surface area contributed by atoms with Gasteiger partial charge in [0.15, 0.2) is 0 Å². The molecule has 0 fully saturated rings. The van der Waals surface area contributed by atoms with E-state index in [1.54, 1.807) is 6.08 Å². The molecule has 0 saturated carbocycles. The van der Waals surface area contributed by atoms with Crippen LogP contribution in [0.4, 0.5) is 0 Å². The summed E-state index contributed by atoms with van der Waals surface area (Å²) >= 11 is 0. The summed E-state index contributed by atoms with van der Waals surface area (Å²) in [6.45, 7) is 8.16. The van der Waals surface area contributed by atoms with E-state index in [4.69, 9.17) is 0 Å². The van der Waals surface area contributed by atoms with Crippen LogP contribution in [-0.4, -0.2) is 12.8 Å². The van der Waals surface area contributed by atoms with Crippen molar-refractivity contribution in [1.82, 2.24) is 0 Å². The van der Waals surface area contributed by atoms with E-state index < -0.39 is 0 Å². The lowest BCUT2D eigenvalue weighted by Gasteiger charge is -1.96. The van der Waals surface area contributed by atoms with Gasteiger partial charge in [0.25, 0.3) is 0 Å². The summed E-state index contributed by atoms with van der Waals surface area (Å²) in [6.07, 6.45) is 19.6. The van der Waals surface area contributed by atoms with Gasteiger partial charge < -0.3 is 0 Å². The molecule has 88 valence electrons. The Labute approximate surface area is 100.0 Å². The summed E-state index contributed by atoms with van der Waals surface area (Å²) in [5.74, 6) is 0. The van der Waals surface area contributed by atoms with Gasteiger partial charge in [0.05, 0.1) is 0 Å². The van der Waals surface area contributed by atoms with Gasteiger partial charge in [0, 0.05) is 12.8 Å². The normalized spacial score (nSPS) is 11.8. The third kappa shape index (κ3) is 12.6. The van der Waals surface area contributed by atoms with Crippen LogP contribution in [0, 0.1) is 0 Å². The molecule has 0 bridgehead atoms. The summed E-state index contributed by atoms with van der Waals surface area (Å²) in [5.41, 5.74) is 0. The molecule has 0 unspecified atom stereocenters. The summed E-state index contributed by atoms with van der Waals surface area (Å²) in [7, 11) is 0.